The highest BCUT2D eigenvalue weighted by Crippen LogP contribution is 2.18. The zero-order valence-corrected chi connectivity index (χ0v) is 10.4. The SMILES string of the molecule is CC(C)OC(=O)CN1CCCC(CCN)C1. The number of nitrogens with zero attached hydrogens (tertiary/aromatic N) is 1. The second-order valence-electron chi connectivity index (χ2n) is 4.86. The molecule has 1 aliphatic rings. The van der Waals surface area contributed by atoms with Crippen molar-refractivity contribution in [1.29, 1.82) is 0 Å². The van der Waals surface area contributed by atoms with Gasteiger partial charge >= 0.3 is 5.97 Å². The zero-order valence-electron chi connectivity index (χ0n) is 10.4. The molecule has 0 saturated carbocycles. The molecule has 0 bridgehead atoms. The minimum atomic E-state index is -0.108. The maximum Gasteiger partial charge on any atom is 0.320 e. The van der Waals surface area contributed by atoms with Gasteiger partial charge in [-0.2, -0.15) is 0 Å². The van der Waals surface area contributed by atoms with Gasteiger partial charge in [0.15, 0.2) is 0 Å². The molecule has 1 saturated heterocycles. The molecule has 94 valence electrons. The van der Waals surface area contributed by atoms with Crippen LogP contribution in [0.25, 0.3) is 0 Å². The molecular weight excluding hydrogens is 204 g/mol. The van der Waals surface area contributed by atoms with Crippen LogP contribution in [0.5, 0.6) is 0 Å². The van der Waals surface area contributed by atoms with Gasteiger partial charge in [0, 0.05) is 6.54 Å². The average Bonchev–Trinajstić information content (AvgIpc) is 2.17. The Balaban J connectivity index is 2.28. The number of carbonyl (C=O) groups excluding carboxylic acids is 1. The Labute approximate surface area is 98.1 Å². The van der Waals surface area contributed by atoms with Crippen LogP contribution in [0, 0.1) is 5.92 Å². The summed E-state index contributed by atoms with van der Waals surface area (Å²) in [6, 6.07) is 0. The van der Waals surface area contributed by atoms with Crippen molar-refractivity contribution in [3.8, 4) is 0 Å². The van der Waals surface area contributed by atoms with E-state index in [1.54, 1.807) is 0 Å². The van der Waals surface area contributed by atoms with Gasteiger partial charge < -0.3 is 10.5 Å². The summed E-state index contributed by atoms with van der Waals surface area (Å²) in [6.45, 7) is 6.93. The molecule has 4 nitrogen and oxygen atoms in total. The van der Waals surface area contributed by atoms with Crippen LogP contribution in [0.3, 0.4) is 0 Å². The van der Waals surface area contributed by atoms with Crippen molar-refractivity contribution in [3.05, 3.63) is 0 Å². The molecule has 1 fully saturated rings. The van der Waals surface area contributed by atoms with Gasteiger partial charge in [0.1, 0.15) is 0 Å². The first-order chi connectivity index (χ1) is 7.61. The summed E-state index contributed by atoms with van der Waals surface area (Å²) >= 11 is 0. The lowest BCUT2D eigenvalue weighted by molar-refractivity contribution is -0.149. The topological polar surface area (TPSA) is 55.6 Å². The smallest absolute Gasteiger partial charge is 0.320 e. The Kier molecular flexibility index (Phi) is 5.77. The van der Waals surface area contributed by atoms with E-state index < -0.39 is 0 Å². The standard InChI is InChI=1S/C12H24N2O2/c1-10(2)16-12(15)9-14-7-3-4-11(8-14)5-6-13/h10-11H,3-9,13H2,1-2H3. The third kappa shape index (κ3) is 4.94. The van der Waals surface area contributed by atoms with Crippen LogP contribution in [0.2, 0.25) is 0 Å². The predicted octanol–water partition coefficient (Wildman–Crippen LogP) is 0.999. The maximum atomic E-state index is 11.5. The lowest BCUT2D eigenvalue weighted by Gasteiger charge is -2.31. The van der Waals surface area contributed by atoms with Crippen LogP contribution in [-0.4, -0.2) is 43.2 Å². The van der Waals surface area contributed by atoms with Gasteiger partial charge in [-0.25, -0.2) is 0 Å². The molecule has 1 atom stereocenters. The first-order valence-corrected chi connectivity index (χ1v) is 6.23. The lowest BCUT2D eigenvalue weighted by Crippen LogP contribution is -2.40. The van der Waals surface area contributed by atoms with E-state index in [0.29, 0.717) is 12.5 Å². The summed E-state index contributed by atoms with van der Waals surface area (Å²) in [5.74, 6) is 0.550. The second-order valence-corrected chi connectivity index (χ2v) is 4.86. The van der Waals surface area contributed by atoms with E-state index in [1.807, 2.05) is 13.8 Å². The van der Waals surface area contributed by atoms with Crippen LogP contribution >= 0.6 is 0 Å². The number of piperidine rings is 1. The highest BCUT2D eigenvalue weighted by molar-refractivity contribution is 5.71. The minimum absolute atomic E-state index is 0.0165. The molecule has 0 aromatic heterocycles. The summed E-state index contributed by atoms with van der Waals surface area (Å²) in [5, 5.41) is 0. The molecule has 0 aliphatic carbocycles. The predicted molar refractivity (Wildman–Crippen MR) is 64.1 cm³/mol. The monoisotopic (exact) mass is 228 g/mol. The molecule has 0 aromatic rings. The van der Waals surface area contributed by atoms with Crippen molar-refractivity contribution >= 4 is 5.97 Å². The van der Waals surface area contributed by atoms with E-state index in [9.17, 15) is 4.79 Å². The number of hydrogen-bond donors (Lipinski definition) is 1. The molecule has 0 radical (unpaired) electrons. The Hall–Kier alpha value is -0.610. The molecule has 0 spiro atoms. The number of ether oxygens (including phenoxy) is 1. The first-order valence-electron chi connectivity index (χ1n) is 6.23. The van der Waals surface area contributed by atoms with Gasteiger partial charge in [0.25, 0.3) is 0 Å². The summed E-state index contributed by atoms with van der Waals surface area (Å²) < 4.78 is 5.14. The fourth-order valence-corrected chi connectivity index (χ4v) is 2.25. The minimum Gasteiger partial charge on any atom is -0.462 e. The van der Waals surface area contributed by atoms with Crippen molar-refractivity contribution in [2.75, 3.05) is 26.2 Å². The Morgan fingerprint density at radius 2 is 2.31 bits per heavy atom. The summed E-state index contributed by atoms with van der Waals surface area (Å²) in [4.78, 5) is 13.7. The third-order valence-corrected chi connectivity index (χ3v) is 2.90. The number of likely N-dealkylation sites (tertiary alicyclic amines) is 1. The molecule has 2 N–H and O–H groups in total. The van der Waals surface area contributed by atoms with Crippen molar-refractivity contribution in [3.63, 3.8) is 0 Å². The Bertz CT molecular complexity index is 217. The molecule has 1 heterocycles. The third-order valence-electron chi connectivity index (χ3n) is 2.90. The van der Waals surface area contributed by atoms with Gasteiger partial charge in [-0.3, -0.25) is 9.69 Å². The summed E-state index contributed by atoms with van der Waals surface area (Å²) in [7, 11) is 0. The summed E-state index contributed by atoms with van der Waals surface area (Å²) in [6.07, 6.45) is 3.46. The molecule has 0 aromatic carbocycles. The van der Waals surface area contributed by atoms with Crippen LogP contribution in [0.1, 0.15) is 33.1 Å². The van der Waals surface area contributed by atoms with E-state index in [4.69, 9.17) is 10.5 Å². The average molecular weight is 228 g/mol. The van der Waals surface area contributed by atoms with Crippen molar-refractivity contribution in [2.45, 2.75) is 39.2 Å². The van der Waals surface area contributed by atoms with Crippen LogP contribution in [0.4, 0.5) is 0 Å². The molecule has 1 unspecified atom stereocenters. The number of hydrogen-bond acceptors (Lipinski definition) is 4. The lowest BCUT2D eigenvalue weighted by atomic mass is 9.95. The first kappa shape index (κ1) is 13.5. The van der Waals surface area contributed by atoms with Crippen LogP contribution in [-0.2, 0) is 9.53 Å². The number of esters is 1. The molecular formula is C12H24N2O2. The van der Waals surface area contributed by atoms with Gasteiger partial charge in [-0.05, 0) is 52.1 Å². The zero-order chi connectivity index (χ0) is 12.0. The molecule has 1 aliphatic heterocycles. The molecule has 16 heavy (non-hydrogen) atoms. The Morgan fingerprint density at radius 3 is 2.94 bits per heavy atom. The van der Waals surface area contributed by atoms with Gasteiger partial charge in [-0.1, -0.05) is 0 Å². The van der Waals surface area contributed by atoms with E-state index in [2.05, 4.69) is 4.90 Å². The van der Waals surface area contributed by atoms with E-state index >= 15 is 0 Å². The van der Waals surface area contributed by atoms with Gasteiger partial charge in [-0.15, -0.1) is 0 Å². The molecule has 1 rings (SSSR count). The van der Waals surface area contributed by atoms with Crippen molar-refractivity contribution in [2.24, 2.45) is 11.7 Å². The second kappa shape index (κ2) is 6.86. The number of nitrogens with two attached hydrogens (primary N) is 1. The van der Waals surface area contributed by atoms with Crippen molar-refractivity contribution < 1.29 is 9.53 Å². The van der Waals surface area contributed by atoms with Crippen LogP contribution in [0.15, 0.2) is 0 Å². The van der Waals surface area contributed by atoms with E-state index in [1.165, 1.54) is 12.8 Å². The highest BCUT2D eigenvalue weighted by Gasteiger charge is 2.21. The van der Waals surface area contributed by atoms with Crippen LogP contribution < -0.4 is 5.73 Å². The number of rotatable bonds is 5. The largest absolute Gasteiger partial charge is 0.462 e. The van der Waals surface area contributed by atoms with E-state index in [-0.39, 0.29) is 12.1 Å². The molecule has 4 heteroatoms. The van der Waals surface area contributed by atoms with Gasteiger partial charge in [0.2, 0.25) is 0 Å². The number of carbonyl (C=O) groups is 1. The maximum absolute atomic E-state index is 11.5. The Morgan fingerprint density at radius 1 is 1.56 bits per heavy atom. The fourth-order valence-electron chi connectivity index (χ4n) is 2.25. The van der Waals surface area contributed by atoms with Crippen molar-refractivity contribution in [1.82, 2.24) is 4.90 Å². The highest BCUT2D eigenvalue weighted by atomic mass is 16.5. The van der Waals surface area contributed by atoms with E-state index in [0.717, 1.165) is 26.1 Å². The summed E-state index contributed by atoms with van der Waals surface area (Å²) in [5.41, 5.74) is 5.56. The van der Waals surface area contributed by atoms with Gasteiger partial charge in [0.05, 0.1) is 12.6 Å². The normalized spacial score (nSPS) is 22.4. The molecule has 0 amide bonds. The quantitative estimate of drug-likeness (QED) is 0.713. The fraction of sp³-hybridized carbons (Fsp3) is 0.917.